The van der Waals surface area contributed by atoms with Crippen LogP contribution in [0.5, 0.6) is 5.75 Å². The smallest absolute Gasteiger partial charge is 0.251 e. The number of fused-ring (bicyclic) bond motifs is 1. The van der Waals surface area contributed by atoms with Crippen LogP contribution in [0.3, 0.4) is 0 Å². The van der Waals surface area contributed by atoms with E-state index < -0.39 is 27.7 Å². The first kappa shape index (κ1) is 31.6. The van der Waals surface area contributed by atoms with E-state index in [4.69, 9.17) is 4.74 Å². The Morgan fingerprint density at radius 2 is 1.84 bits per heavy atom. The minimum atomic E-state index is -3.46. The number of aromatic nitrogens is 1. The SMILES string of the molecule is CCn1ccc2c(N3CCCS3(=O)=O)cc(C(=O)N[C@@H](Cc3ccccc3)[C@H](O)CNC(C)(C)c3cccc(OC)c3)cc21. The van der Waals surface area contributed by atoms with E-state index in [1.807, 2.05) is 92.2 Å². The number of carbonyl (C=O) groups is 1. The molecule has 9 nitrogen and oxygen atoms in total. The summed E-state index contributed by atoms with van der Waals surface area (Å²) in [6.07, 6.45) is 1.94. The summed E-state index contributed by atoms with van der Waals surface area (Å²) >= 11 is 0. The van der Waals surface area contributed by atoms with Crippen molar-refractivity contribution in [2.24, 2.45) is 0 Å². The average Bonchev–Trinajstić information content (AvgIpc) is 3.61. The highest BCUT2D eigenvalue weighted by Crippen LogP contribution is 2.34. The van der Waals surface area contributed by atoms with Gasteiger partial charge in [-0.1, -0.05) is 42.5 Å². The van der Waals surface area contributed by atoms with Gasteiger partial charge >= 0.3 is 0 Å². The van der Waals surface area contributed by atoms with Crippen molar-refractivity contribution in [3.05, 3.63) is 95.7 Å². The number of nitrogens with zero attached hydrogens (tertiary/aromatic N) is 2. The lowest BCUT2D eigenvalue weighted by Gasteiger charge is -2.31. The number of hydrogen-bond acceptors (Lipinski definition) is 6. The third kappa shape index (κ3) is 6.77. The van der Waals surface area contributed by atoms with Crippen LogP contribution in [0, 0.1) is 0 Å². The zero-order chi connectivity index (χ0) is 31.5. The van der Waals surface area contributed by atoms with Crippen LogP contribution in [0.4, 0.5) is 5.69 Å². The number of aliphatic hydroxyl groups is 1. The fourth-order valence-electron chi connectivity index (χ4n) is 5.82. The monoisotopic (exact) mass is 618 g/mol. The first-order valence-electron chi connectivity index (χ1n) is 15.1. The second-order valence-corrected chi connectivity index (χ2v) is 13.9. The Bertz CT molecular complexity index is 1720. The van der Waals surface area contributed by atoms with Gasteiger partial charge in [-0.15, -0.1) is 0 Å². The predicted octanol–water partition coefficient (Wildman–Crippen LogP) is 4.44. The van der Waals surface area contributed by atoms with Crippen LogP contribution in [0.25, 0.3) is 10.9 Å². The molecule has 5 rings (SSSR count). The maximum Gasteiger partial charge on any atom is 0.251 e. The van der Waals surface area contributed by atoms with Crippen molar-refractivity contribution in [2.75, 3.05) is 30.3 Å². The fraction of sp³-hybridized carbons (Fsp3) is 0.382. The third-order valence-corrected chi connectivity index (χ3v) is 10.3. The summed E-state index contributed by atoms with van der Waals surface area (Å²) in [5, 5.41) is 18.8. The van der Waals surface area contributed by atoms with Crippen LogP contribution in [0.15, 0.2) is 79.0 Å². The van der Waals surface area contributed by atoms with E-state index in [9.17, 15) is 18.3 Å². The van der Waals surface area contributed by atoms with Crippen molar-refractivity contribution in [1.29, 1.82) is 0 Å². The van der Waals surface area contributed by atoms with E-state index in [2.05, 4.69) is 10.6 Å². The van der Waals surface area contributed by atoms with Crippen LogP contribution in [0.1, 0.15) is 48.7 Å². The van der Waals surface area contributed by atoms with Crippen LogP contribution in [-0.4, -0.2) is 62.1 Å². The Kier molecular flexibility index (Phi) is 9.34. The third-order valence-electron chi connectivity index (χ3n) is 8.46. The van der Waals surface area contributed by atoms with E-state index in [1.165, 1.54) is 4.31 Å². The van der Waals surface area contributed by atoms with Crippen molar-refractivity contribution in [3.8, 4) is 5.75 Å². The Morgan fingerprint density at radius 3 is 2.52 bits per heavy atom. The number of amides is 1. The quantitative estimate of drug-likeness (QED) is 0.217. The van der Waals surface area contributed by atoms with Gasteiger partial charge in [-0.3, -0.25) is 9.10 Å². The maximum absolute atomic E-state index is 13.9. The molecule has 0 radical (unpaired) electrons. The van der Waals surface area contributed by atoms with Gasteiger partial charge in [0.2, 0.25) is 10.0 Å². The molecule has 1 amide bonds. The highest BCUT2D eigenvalue weighted by Gasteiger charge is 2.32. The molecule has 234 valence electrons. The summed E-state index contributed by atoms with van der Waals surface area (Å²) in [5.74, 6) is 0.462. The molecule has 1 aliphatic rings. The molecular formula is C34H42N4O5S. The van der Waals surface area contributed by atoms with Crippen LogP contribution < -0.4 is 19.7 Å². The number of hydrogen-bond donors (Lipinski definition) is 3. The van der Waals surface area contributed by atoms with Crippen molar-refractivity contribution in [2.45, 2.75) is 57.8 Å². The molecule has 10 heteroatoms. The molecule has 1 aromatic heterocycles. The molecule has 2 atom stereocenters. The molecule has 0 unspecified atom stereocenters. The summed E-state index contributed by atoms with van der Waals surface area (Å²) in [7, 11) is -1.83. The van der Waals surface area contributed by atoms with Gasteiger partial charge in [0, 0.05) is 42.3 Å². The normalized spacial score (nSPS) is 16.2. The lowest BCUT2D eigenvalue weighted by atomic mass is 9.93. The van der Waals surface area contributed by atoms with E-state index >= 15 is 0 Å². The van der Waals surface area contributed by atoms with E-state index in [0.29, 0.717) is 37.2 Å². The standard InChI is InChI=1S/C34H42N4O5S/c1-5-37-17-15-28-30(37)20-25(21-31(28)38-16-10-18-44(38,41)42)33(40)36-29(19-24-11-7-6-8-12-24)32(39)23-35-34(2,3)26-13-9-14-27(22-26)43-4/h6-9,11-15,17,20-22,29,32,35,39H,5,10,16,18-19,23H2,1-4H3,(H,36,40)/t29-,32+/m0/s1. The second kappa shape index (κ2) is 13.0. The van der Waals surface area contributed by atoms with E-state index in [0.717, 1.165) is 27.8 Å². The second-order valence-electron chi connectivity index (χ2n) is 11.8. The van der Waals surface area contributed by atoms with Gasteiger partial charge in [0.1, 0.15) is 5.75 Å². The number of aliphatic hydroxyl groups excluding tert-OH is 1. The summed E-state index contributed by atoms with van der Waals surface area (Å²) in [6.45, 7) is 7.34. The number of ether oxygens (including phenoxy) is 1. The van der Waals surface area contributed by atoms with E-state index in [1.54, 1.807) is 19.2 Å². The highest BCUT2D eigenvalue weighted by molar-refractivity contribution is 7.93. The number of aryl methyl sites for hydroxylation is 1. The van der Waals surface area contributed by atoms with Crippen molar-refractivity contribution in [1.82, 2.24) is 15.2 Å². The van der Waals surface area contributed by atoms with Gasteiger partial charge in [0.15, 0.2) is 0 Å². The molecule has 3 aromatic carbocycles. The molecule has 44 heavy (non-hydrogen) atoms. The number of nitrogens with one attached hydrogen (secondary N) is 2. The number of benzene rings is 3. The highest BCUT2D eigenvalue weighted by atomic mass is 32.2. The largest absolute Gasteiger partial charge is 0.497 e. The van der Waals surface area contributed by atoms with Crippen LogP contribution >= 0.6 is 0 Å². The molecule has 2 heterocycles. The van der Waals surface area contributed by atoms with Crippen LogP contribution in [0.2, 0.25) is 0 Å². The topological polar surface area (TPSA) is 113 Å². The van der Waals surface area contributed by atoms with Crippen molar-refractivity contribution < 1.29 is 23.1 Å². The van der Waals surface area contributed by atoms with E-state index in [-0.39, 0.29) is 18.2 Å². The minimum absolute atomic E-state index is 0.0872. The fourth-order valence-corrected chi connectivity index (χ4v) is 7.39. The predicted molar refractivity (Wildman–Crippen MR) is 175 cm³/mol. The van der Waals surface area contributed by atoms with Gasteiger partial charge in [0.25, 0.3) is 5.91 Å². The molecule has 1 fully saturated rings. The first-order chi connectivity index (χ1) is 21.0. The number of methoxy groups -OCH3 is 1. The zero-order valence-corrected chi connectivity index (χ0v) is 26.6. The molecular weight excluding hydrogens is 576 g/mol. The van der Waals surface area contributed by atoms with Gasteiger partial charge in [-0.25, -0.2) is 8.42 Å². The Labute approximate surface area is 259 Å². The Hall–Kier alpha value is -3.86. The van der Waals surface area contributed by atoms with Gasteiger partial charge < -0.3 is 25.0 Å². The molecule has 0 bridgehead atoms. The molecule has 4 aromatic rings. The number of anilines is 1. The number of carbonyl (C=O) groups excluding carboxylic acids is 1. The summed E-state index contributed by atoms with van der Waals surface area (Å²) in [4.78, 5) is 13.9. The molecule has 1 aliphatic heterocycles. The zero-order valence-electron chi connectivity index (χ0n) is 25.8. The van der Waals surface area contributed by atoms with Gasteiger partial charge in [-0.05, 0) is 75.1 Å². The Balaban J connectivity index is 1.42. The number of sulfonamides is 1. The average molecular weight is 619 g/mol. The molecule has 1 saturated heterocycles. The number of rotatable bonds is 12. The first-order valence-corrected chi connectivity index (χ1v) is 16.7. The molecule has 0 aliphatic carbocycles. The summed E-state index contributed by atoms with van der Waals surface area (Å²) in [5.41, 5.74) is 3.15. The van der Waals surface area contributed by atoms with Crippen LogP contribution in [-0.2, 0) is 28.5 Å². The summed E-state index contributed by atoms with van der Waals surface area (Å²) < 4.78 is 34.6. The lowest BCUT2D eigenvalue weighted by Crippen LogP contribution is -2.51. The lowest BCUT2D eigenvalue weighted by molar-refractivity contribution is 0.0814. The minimum Gasteiger partial charge on any atom is -0.497 e. The molecule has 0 spiro atoms. The Morgan fingerprint density at radius 1 is 1.07 bits per heavy atom. The van der Waals surface area contributed by atoms with Crippen molar-refractivity contribution >= 4 is 32.5 Å². The van der Waals surface area contributed by atoms with Gasteiger partial charge in [-0.2, -0.15) is 0 Å². The summed E-state index contributed by atoms with van der Waals surface area (Å²) in [6, 6.07) is 22.3. The molecule has 0 saturated carbocycles. The van der Waals surface area contributed by atoms with Gasteiger partial charge in [0.05, 0.1) is 36.2 Å². The van der Waals surface area contributed by atoms with Crippen molar-refractivity contribution in [3.63, 3.8) is 0 Å². The molecule has 3 N–H and O–H groups in total. The maximum atomic E-state index is 13.9.